The molecule has 0 saturated carbocycles. The van der Waals surface area contributed by atoms with Crippen molar-refractivity contribution in [3.63, 3.8) is 0 Å². The van der Waals surface area contributed by atoms with Crippen molar-refractivity contribution in [2.45, 2.75) is 38.3 Å². The molecule has 2 unspecified atom stereocenters. The first kappa shape index (κ1) is 12.5. The van der Waals surface area contributed by atoms with E-state index >= 15 is 0 Å². The average molecular weight is 214 g/mol. The van der Waals surface area contributed by atoms with Crippen LogP contribution < -0.4 is 0 Å². The Labute approximate surface area is 91.9 Å². The Morgan fingerprint density at radius 3 is 2.73 bits per heavy atom. The zero-order valence-corrected chi connectivity index (χ0v) is 9.94. The third-order valence-corrected chi connectivity index (χ3v) is 3.32. The van der Waals surface area contributed by atoms with Gasteiger partial charge >= 0.3 is 5.97 Å². The molecule has 1 heterocycles. The first-order valence-electron chi connectivity index (χ1n) is 5.63. The van der Waals surface area contributed by atoms with E-state index < -0.39 is 5.97 Å². The summed E-state index contributed by atoms with van der Waals surface area (Å²) in [6.45, 7) is 4.30. The molecule has 4 heteroatoms. The van der Waals surface area contributed by atoms with Crippen molar-refractivity contribution in [3.05, 3.63) is 0 Å². The van der Waals surface area contributed by atoms with Crippen LogP contribution in [0.2, 0.25) is 0 Å². The standard InChI is InChI=1S/C11H22N2O2/c1-9(4-5-11(14)15)13-7-6-10(8-13)12(2)3/h9-10H,4-8H2,1-3H3,(H,14,15). The fraction of sp³-hybridized carbons (Fsp3) is 0.909. The summed E-state index contributed by atoms with van der Waals surface area (Å²) in [4.78, 5) is 15.1. The minimum absolute atomic E-state index is 0.282. The van der Waals surface area contributed by atoms with Gasteiger partial charge in [0.05, 0.1) is 0 Å². The smallest absolute Gasteiger partial charge is 0.303 e. The van der Waals surface area contributed by atoms with Crippen molar-refractivity contribution in [2.75, 3.05) is 27.2 Å². The predicted octanol–water partition coefficient (Wildman–Crippen LogP) is 0.876. The second kappa shape index (κ2) is 5.47. The van der Waals surface area contributed by atoms with Gasteiger partial charge in [0.25, 0.3) is 0 Å². The lowest BCUT2D eigenvalue weighted by Gasteiger charge is -2.25. The quantitative estimate of drug-likeness (QED) is 0.737. The monoisotopic (exact) mass is 214 g/mol. The summed E-state index contributed by atoms with van der Waals surface area (Å²) in [6, 6.07) is 1.03. The molecule has 1 fully saturated rings. The summed E-state index contributed by atoms with van der Waals surface area (Å²) in [6.07, 6.45) is 2.24. The van der Waals surface area contributed by atoms with E-state index in [1.807, 2.05) is 0 Å². The maximum atomic E-state index is 10.5. The zero-order chi connectivity index (χ0) is 11.4. The molecule has 0 aliphatic carbocycles. The highest BCUT2D eigenvalue weighted by Crippen LogP contribution is 2.18. The number of carbonyl (C=O) groups is 1. The normalized spacial score (nSPS) is 24.7. The highest BCUT2D eigenvalue weighted by Gasteiger charge is 2.27. The van der Waals surface area contributed by atoms with Crippen LogP contribution in [0.5, 0.6) is 0 Å². The molecule has 0 bridgehead atoms. The van der Waals surface area contributed by atoms with Crippen molar-refractivity contribution < 1.29 is 9.90 Å². The number of nitrogens with zero attached hydrogens (tertiary/aromatic N) is 2. The number of hydrogen-bond donors (Lipinski definition) is 1. The van der Waals surface area contributed by atoms with Crippen LogP contribution in [-0.2, 0) is 4.79 Å². The summed E-state index contributed by atoms with van der Waals surface area (Å²) in [5.74, 6) is -0.690. The van der Waals surface area contributed by atoms with E-state index in [0.717, 1.165) is 19.5 Å². The maximum absolute atomic E-state index is 10.5. The van der Waals surface area contributed by atoms with Gasteiger partial charge in [0.15, 0.2) is 0 Å². The van der Waals surface area contributed by atoms with Crippen molar-refractivity contribution in [1.29, 1.82) is 0 Å². The Morgan fingerprint density at radius 2 is 2.27 bits per heavy atom. The molecule has 88 valence electrons. The van der Waals surface area contributed by atoms with Crippen LogP contribution in [0.1, 0.15) is 26.2 Å². The molecule has 1 N–H and O–H groups in total. The lowest BCUT2D eigenvalue weighted by atomic mass is 10.1. The van der Waals surface area contributed by atoms with Crippen LogP contribution in [0.15, 0.2) is 0 Å². The molecule has 2 atom stereocenters. The first-order chi connectivity index (χ1) is 7.00. The molecule has 0 aromatic carbocycles. The molecular formula is C11H22N2O2. The second-order valence-electron chi connectivity index (χ2n) is 4.68. The molecule has 0 aromatic rings. The number of rotatable bonds is 5. The van der Waals surface area contributed by atoms with Crippen LogP contribution in [0.4, 0.5) is 0 Å². The number of hydrogen-bond acceptors (Lipinski definition) is 3. The van der Waals surface area contributed by atoms with E-state index in [2.05, 4.69) is 30.8 Å². The van der Waals surface area contributed by atoms with E-state index in [1.165, 1.54) is 6.42 Å². The molecule has 1 saturated heterocycles. The second-order valence-corrected chi connectivity index (χ2v) is 4.68. The Hall–Kier alpha value is -0.610. The van der Waals surface area contributed by atoms with Crippen LogP contribution in [0, 0.1) is 0 Å². The van der Waals surface area contributed by atoms with Gasteiger partial charge in [-0.2, -0.15) is 0 Å². The molecule has 0 aromatic heterocycles. The number of likely N-dealkylation sites (tertiary alicyclic amines) is 1. The molecule has 0 amide bonds. The van der Waals surface area contributed by atoms with Gasteiger partial charge in [-0.1, -0.05) is 0 Å². The van der Waals surface area contributed by atoms with Gasteiger partial charge in [0, 0.05) is 31.6 Å². The van der Waals surface area contributed by atoms with Gasteiger partial charge in [-0.3, -0.25) is 9.69 Å². The Balaban J connectivity index is 2.30. The summed E-state index contributed by atoms with van der Waals surface area (Å²) in [5, 5.41) is 8.62. The molecule has 1 aliphatic rings. The number of carboxylic acid groups (broad SMARTS) is 1. The lowest BCUT2D eigenvalue weighted by Crippen LogP contribution is -2.35. The van der Waals surface area contributed by atoms with Gasteiger partial charge in [0.2, 0.25) is 0 Å². The SMILES string of the molecule is CC(CCC(=O)O)N1CCC(N(C)C)C1. The van der Waals surface area contributed by atoms with Crippen molar-refractivity contribution in [3.8, 4) is 0 Å². The highest BCUT2D eigenvalue weighted by atomic mass is 16.4. The molecule has 4 nitrogen and oxygen atoms in total. The largest absolute Gasteiger partial charge is 0.481 e. The first-order valence-corrected chi connectivity index (χ1v) is 5.63. The van der Waals surface area contributed by atoms with E-state index in [-0.39, 0.29) is 6.42 Å². The zero-order valence-electron chi connectivity index (χ0n) is 9.94. The van der Waals surface area contributed by atoms with Crippen LogP contribution in [0.25, 0.3) is 0 Å². The summed E-state index contributed by atoms with van der Waals surface area (Å²) >= 11 is 0. The van der Waals surface area contributed by atoms with Crippen molar-refractivity contribution in [2.24, 2.45) is 0 Å². The van der Waals surface area contributed by atoms with Gasteiger partial charge in [-0.05, 0) is 33.9 Å². The Kier molecular flexibility index (Phi) is 4.54. The fourth-order valence-corrected chi connectivity index (χ4v) is 2.10. The molecule has 1 aliphatic heterocycles. The number of carboxylic acids is 1. The predicted molar refractivity (Wildman–Crippen MR) is 60.0 cm³/mol. The third-order valence-electron chi connectivity index (χ3n) is 3.32. The lowest BCUT2D eigenvalue weighted by molar-refractivity contribution is -0.137. The van der Waals surface area contributed by atoms with Crippen molar-refractivity contribution in [1.82, 2.24) is 9.80 Å². The van der Waals surface area contributed by atoms with E-state index in [1.54, 1.807) is 0 Å². The fourth-order valence-electron chi connectivity index (χ4n) is 2.10. The topological polar surface area (TPSA) is 43.8 Å². The van der Waals surface area contributed by atoms with Crippen LogP contribution in [0.3, 0.4) is 0 Å². The molecule has 0 spiro atoms. The van der Waals surface area contributed by atoms with E-state index in [9.17, 15) is 4.79 Å². The minimum atomic E-state index is -0.690. The average Bonchev–Trinajstić information content (AvgIpc) is 2.62. The molecular weight excluding hydrogens is 192 g/mol. The van der Waals surface area contributed by atoms with Crippen LogP contribution in [-0.4, -0.2) is 60.1 Å². The molecule has 0 radical (unpaired) electrons. The molecule has 1 rings (SSSR count). The van der Waals surface area contributed by atoms with Crippen molar-refractivity contribution >= 4 is 5.97 Å². The van der Waals surface area contributed by atoms with Gasteiger partial charge in [-0.25, -0.2) is 0 Å². The van der Waals surface area contributed by atoms with E-state index in [0.29, 0.717) is 12.1 Å². The summed E-state index contributed by atoms with van der Waals surface area (Å²) in [5.41, 5.74) is 0. The van der Waals surface area contributed by atoms with Crippen LogP contribution >= 0.6 is 0 Å². The Bertz CT molecular complexity index is 219. The number of aliphatic carboxylic acids is 1. The van der Waals surface area contributed by atoms with Gasteiger partial charge in [-0.15, -0.1) is 0 Å². The van der Waals surface area contributed by atoms with Gasteiger partial charge in [0.1, 0.15) is 0 Å². The third kappa shape index (κ3) is 3.80. The summed E-state index contributed by atoms with van der Waals surface area (Å²) < 4.78 is 0. The highest BCUT2D eigenvalue weighted by molar-refractivity contribution is 5.66. The van der Waals surface area contributed by atoms with E-state index in [4.69, 9.17) is 5.11 Å². The molecule has 15 heavy (non-hydrogen) atoms. The Morgan fingerprint density at radius 1 is 1.60 bits per heavy atom. The summed E-state index contributed by atoms with van der Waals surface area (Å²) in [7, 11) is 4.21. The number of likely N-dealkylation sites (N-methyl/N-ethyl adjacent to an activating group) is 1. The van der Waals surface area contributed by atoms with Gasteiger partial charge < -0.3 is 10.0 Å². The minimum Gasteiger partial charge on any atom is -0.481 e. The maximum Gasteiger partial charge on any atom is 0.303 e.